The van der Waals surface area contributed by atoms with Crippen LogP contribution in [0.2, 0.25) is 0 Å². The van der Waals surface area contributed by atoms with E-state index in [0.29, 0.717) is 17.1 Å². The summed E-state index contributed by atoms with van der Waals surface area (Å²) in [5.74, 6) is -0.0443. The second kappa shape index (κ2) is 7.73. The van der Waals surface area contributed by atoms with Crippen LogP contribution in [0.25, 0.3) is 0 Å². The molecule has 1 amide bonds. The quantitative estimate of drug-likeness (QED) is 0.588. The molecule has 146 valence electrons. The number of sulfonamides is 1. The van der Waals surface area contributed by atoms with Gasteiger partial charge in [0.15, 0.2) is 5.03 Å². The van der Waals surface area contributed by atoms with Gasteiger partial charge in [0.05, 0.1) is 18.9 Å². The third-order valence-electron chi connectivity index (χ3n) is 3.92. The minimum atomic E-state index is -4.04. The lowest BCUT2D eigenvalue weighted by atomic mass is 10.1. The molecule has 0 spiro atoms. The Bertz CT molecular complexity index is 1100. The van der Waals surface area contributed by atoms with E-state index in [9.17, 15) is 13.2 Å². The Balaban J connectivity index is 1.86. The molecular weight excluding hydrogens is 380 g/mol. The van der Waals surface area contributed by atoms with E-state index in [0.717, 1.165) is 11.1 Å². The van der Waals surface area contributed by atoms with Crippen LogP contribution in [0.3, 0.4) is 0 Å². The fourth-order valence-electron chi connectivity index (χ4n) is 2.78. The van der Waals surface area contributed by atoms with Crippen LogP contribution in [0.4, 0.5) is 11.4 Å². The van der Waals surface area contributed by atoms with Gasteiger partial charge in [0, 0.05) is 17.4 Å². The third-order valence-corrected chi connectivity index (χ3v) is 5.27. The molecule has 3 rings (SSSR count). The van der Waals surface area contributed by atoms with Crippen molar-refractivity contribution >= 4 is 27.3 Å². The van der Waals surface area contributed by atoms with Crippen LogP contribution in [0.15, 0.2) is 53.7 Å². The summed E-state index contributed by atoms with van der Waals surface area (Å²) in [7, 11) is -2.52. The highest BCUT2D eigenvalue weighted by Crippen LogP contribution is 2.22. The lowest BCUT2D eigenvalue weighted by molar-refractivity contribution is 0.102. The van der Waals surface area contributed by atoms with Gasteiger partial charge < -0.3 is 10.1 Å². The fraction of sp³-hybridized carbons (Fsp3) is 0.158. The highest BCUT2D eigenvalue weighted by atomic mass is 32.2. The van der Waals surface area contributed by atoms with Gasteiger partial charge in [-0.15, -0.1) is 0 Å². The van der Waals surface area contributed by atoms with Gasteiger partial charge in [-0.25, -0.2) is 0 Å². The molecule has 0 aliphatic heterocycles. The predicted octanol–water partition coefficient (Wildman–Crippen LogP) is 3.09. The number of nitrogens with zero attached hydrogens (tertiary/aromatic N) is 1. The van der Waals surface area contributed by atoms with E-state index in [-0.39, 0.29) is 10.6 Å². The molecule has 8 nitrogen and oxygen atoms in total. The fourth-order valence-corrected chi connectivity index (χ4v) is 3.92. The maximum atomic E-state index is 12.8. The molecule has 28 heavy (non-hydrogen) atoms. The SMILES string of the molecule is COc1cccc(NC(=O)c2cn[nH]c2S(=O)(=O)Nc2cc(C)cc(C)c2)c1. The van der Waals surface area contributed by atoms with Crippen LogP contribution in [0.1, 0.15) is 21.5 Å². The Morgan fingerprint density at radius 1 is 1.07 bits per heavy atom. The number of hydrogen-bond donors (Lipinski definition) is 3. The summed E-state index contributed by atoms with van der Waals surface area (Å²) in [4.78, 5) is 12.6. The predicted molar refractivity (Wildman–Crippen MR) is 106 cm³/mol. The van der Waals surface area contributed by atoms with Gasteiger partial charge in [0.2, 0.25) is 0 Å². The summed E-state index contributed by atoms with van der Waals surface area (Å²) in [6, 6.07) is 12.1. The normalized spacial score (nSPS) is 11.1. The Morgan fingerprint density at radius 3 is 2.46 bits per heavy atom. The topological polar surface area (TPSA) is 113 Å². The number of carbonyl (C=O) groups is 1. The van der Waals surface area contributed by atoms with Crippen molar-refractivity contribution in [3.05, 3.63) is 65.4 Å². The molecule has 1 heterocycles. The molecule has 2 aromatic carbocycles. The first-order valence-electron chi connectivity index (χ1n) is 8.38. The number of amides is 1. The first-order chi connectivity index (χ1) is 13.3. The average Bonchev–Trinajstić information content (AvgIpc) is 3.11. The highest BCUT2D eigenvalue weighted by Gasteiger charge is 2.25. The van der Waals surface area contributed by atoms with Crippen molar-refractivity contribution < 1.29 is 17.9 Å². The number of carbonyl (C=O) groups excluding carboxylic acids is 1. The van der Waals surface area contributed by atoms with Crippen LogP contribution < -0.4 is 14.8 Å². The van der Waals surface area contributed by atoms with Gasteiger partial charge in [0.1, 0.15) is 5.75 Å². The highest BCUT2D eigenvalue weighted by molar-refractivity contribution is 7.92. The van der Waals surface area contributed by atoms with Crippen molar-refractivity contribution in [3.8, 4) is 5.75 Å². The van der Waals surface area contributed by atoms with Crippen molar-refractivity contribution in [3.63, 3.8) is 0 Å². The number of anilines is 2. The molecule has 0 aliphatic carbocycles. The maximum Gasteiger partial charge on any atom is 0.279 e. The summed E-state index contributed by atoms with van der Waals surface area (Å²) < 4.78 is 33.2. The van der Waals surface area contributed by atoms with Gasteiger partial charge in [-0.05, 0) is 49.2 Å². The molecule has 0 saturated heterocycles. The molecule has 0 aliphatic rings. The number of ether oxygens (including phenoxy) is 1. The molecule has 3 aromatic rings. The van der Waals surface area contributed by atoms with E-state index >= 15 is 0 Å². The van der Waals surface area contributed by atoms with E-state index in [1.165, 1.54) is 13.3 Å². The molecule has 3 N–H and O–H groups in total. The molecule has 0 radical (unpaired) electrons. The van der Waals surface area contributed by atoms with E-state index in [1.807, 2.05) is 19.9 Å². The lowest BCUT2D eigenvalue weighted by Gasteiger charge is -2.10. The number of nitrogens with one attached hydrogen (secondary N) is 3. The van der Waals surface area contributed by atoms with Gasteiger partial charge in [-0.3, -0.25) is 14.6 Å². The van der Waals surface area contributed by atoms with Gasteiger partial charge in [-0.1, -0.05) is 12.1 Å². The van der Waals surface area contributed by atoms with E-state index in [1.54, 1.807) is 36.4 Å². The van der Waals surface area contributed by atoms with Crippen LogP contribution in [0, 0.1) is 13.8 Å². The zero-order chi connectivity index (χ0) is 20.3. The molecule has 0 bridgehead atoms. The van der Waals surface area contributed by atoms with Gasteiger partial charge in [-0.2, -0.15) is 13.5 Å². The lowest BCUT2D eigenvalue weighted by Crippen LogP contribution is -2.20. The first kappa shape index (κ1) is 19.4. The molecule has 0 atom stereocenters. The first-order valence-corrected chi connectivity index (χ1v) is 9.87. The van der Waals surface area contributed by atoms with Crippen LogP contribution in [-0.4, -0.2) is 31.6 Å². The summed E-state index contributed by atoms with van der Waals surface area (Å²) in [5, 5.41) is 8.46. The van der Waals surface area contributed by atoms with Crippen molar-refractivity contribution in [1.29, 1.82) is 0 Å². The summed E-state index contributed by atoms with van der Waals surface area (Å²) in [6.07, 6.45) is 1.17. The number of aryl methyl sites for hydroxylation is 2. The third kappa shape index (κ3) is 4.32. The summed E-state index contributed by atoms with van der Waals surface area (Å²) in [6.45, 7) is 3.74. The zero-order valence-electron chi connectivity index (χ0n) is 15.6. The van der Waals surface area contributed by atoms with Crippen LogP contribution in [-0.2, 0) is 10.0 Å². The second-order valence-electron chi connectivity index (χ2n) is 6.28. The van der Waals surface area contributed by atoms with Crippen LogP contribution in [0.5, 0.6) is 5.75 Å². The molecular formula is C19H20N4O4S. The molecule has 0 fully saturated rings. The summed E-state index contributed by atoms with van der Waals surface area (Å²) in [5.41, 5.74) is 2.61. The molecule has 1 aromatic heterocycles. The Kier molecular flexibility index (Phi) is 5.36. The van der Waals surface area contributed by atoms with Crippen LogP contribution >= 0.6 is 0 Å². The van der Waals surface area contributed by atoms with Crippen molar-refractivity contribution in [1.82, 2.24) is 10.2 Å². The van der Waals surface area contributed by atoms with Gasteiger partial charge >= 0.3 is 0 Å². The van der Waals surface area contributed by atoms with Crippen molar-refractivity contribution in [2.45, 2.75) is 18.9 Å². The van der Waals surface area contributed by atoms with Crippen molar-refractivity contribution in [2.24, 2.45) is 0 Å². The molecule has 9 heteroatoms. The smallest absolute Gasteiger partial charge is 0.279 e. The molecule has 0 saturated carbocycles. The average molecular weight is 400 g/mol. The molecule has 0 unspecified atom stereocenters. The largest absolute Gasteiger partial charge is 0.497 e. The minimum absolute atomic E-state index is 0.0975. The number of aromatic nitrogens is 2. The van der Waals surface area contributed by atoms with E-state index in [2.05, 4.69) is 20.2 Å². The number of benzene rings is 2. The van der Waals surface area contributed by atoms with E-state index in [4.69, 9.17) is 4.74 Å². The second-order valence-corrected chi connectivity index (χ2v) is 7.90. The number of methoxy groups -OCH3 is 1. The Morgan fingerprint density at radius 2 is 1.79 bits per heavy atom. The van der Waals surface area contributed by atoms with Gasteiger partial charge in [0.25, 0.3) is 15.9 Å². The number of rotatable bonds is 6. The number of H-pyrrole nitrogens is 1. The summed E-state index contributed by atoms with van der Waals surface area (Å²) >= 11 is 0. The Labute approximate surface area is 163 Å². The monoisotopic (exact) mass is 400 g/mol. The minimum Gasteiger partial charge on any atom is -0.497 e. The zero-order valence-corrected chi connectivity index (χ0v) is 16.4. The number of aromatic amines is 1. The maximum absolute atomic E-state index is 12.8. The van der Waals surface area contributed by atoms with E-state index < -0.39 is 15.9 Å². The Hall–Kier alpha value is -3.33. The van der Waals surface area contributed by atoms with Crippen molar-refractivity contribution in [2.75, 3.05) is 17.1 Å². The standard InChI is InChI=1S/C19H20N4O4S/c1-12-7-13(2)9-15(8-12)23-28(25,26)19-17(11-20-22-19)18(24)21-14-5-4-6-16(10-14)27-3/h4-11,23H,1-3H3,(H,20,22)(H,21,24). The number of hydrogen-bond acceptors (Lipinski definition) is 5.